The number of hydrogen-bond acceptors (Lipinski definition) is 9. The van der Waals surface area contributed by atoms with Crippen molar-refractivity contribution in [2.45, 2.75) is 49.9 Å². The maximum atomic E-state index is 12.8. The van der Waals surface area contributed by atoms with E-state index in [1.54, 1.807) is 0 Å². The summed E-state index contributed by atoms with van der Waals surface area (Å²) >= 11 is 5.57. The van der Waals surface area contributed by atoms with Crippen LogP contribution in [0.25, 0.3) is 0 Å². The van der Waals surface area contributed by atoms with Crippen LogP contribution in [0.2, 0.25) is 0 Å². The largest absolute Gasteiger partial charge is 0.481 e. The van der Waals surface area contributed by atoms with E-state index < -0.39 is 60.2 Å². The molecule has 0 aliphatic carbocycles. The second-order valence-corrected chi connectivity index (χ2v) is 8.66. The van der Waals surface area contributed by atoms with Crippen molar-refractivity contribution in [1.82, 2.24) is 25.9 Å². The van der Waals surface area contributed by atoms with Crippen molar-refractivity contribution >= 4 is 54.1 Å². The molecule has 4 unspecified atom stereocenters. The highest BCUT2D eigenvalue weighted by Crippen LogP contribution is 2.05. The third-order valence-corrected chi connectivity index (χ3v) is 5.67. The molecule has 0 aromatic carbocycles. The molecule has 1 aromatic rings. The van der Waals surface area contributed by atoms with Gasteiger partial charge in [0, 0.05) is 30.5 Å². The van der Waals surface area contributed by atoms with E-state index in [0.29, 0.717) is 17.9 Å². The van der Waals surface area contributed by atoms with Crippen LogP contribution in [0.15, 0.2) is 12.5 Å². The first-order chi connectivity index (χ1) is 16.1. The summed E-state index contributed by atoms with van der Waals surface area (Å²) in [7, 11) is 0. The first kappa shape index (κ1) is 29.3. The Labute approximate surface area is 205 Å². The number of amides is 3. The molecule has 0 saturated heterocycles. The summed E-state index contributed by atoms with van der Waals surface area (Å²) < 4.78 is 0. The number of aromatic nitrogens is 2. The van der Waals surface area contributed by atoms with Gasteiger partial charge in [-0.1, -0.05) is 0 Å². The van der Waals surface area contributed by atoms with Crippen molar-refractivity contribution < 1.29 is 34.2 Å². The molecule has 0 spiro atoms. The summed E-state index contributed by atoms with van der Waals surface area (Å²) in [6.07, 6.45) is 4.13. The van der Waals surface area contributed by atoms with Gasteiger partial charge in [0.05, 0.1) is 12.4 Å². The highest BCUT2D eigenvalue weighted by atomic mass is 32.2. The van der Waals surface area contributed by atoms with Crippen molar-refractivity contribution in [3.05, 3.63) is 18.2 Å². The van der Waals surface area contributed by atoms with E-state index >= 15 is 0 Å². The van der Waals surface area contributed by atoms with Crippen molar-refractivity contribution in [3.63, 3.8) is 0 Å². The molecular weight excluding hydrogens is 488 g/mol. The normalized spacial score (nSPS) is 14.3. The summed E-state index contributed by atoms with van der Waals surface area (Å²) in [4.78, 5) is 66.8. The molecule has 3 amide bonds. The number of carboxylic acid groups (broad SMARTS) is 2. The highest BCUT2D eigenvalue weighted by Gasteiger charge is 2.30. The van der Waals surface area contributed by atoms with Crippen LogP contribution in [0.1, 0.15) is 25.0 Å². The van der Waals surface area contributed by atoms with Crippen LogP contribution in [0, 0.1) is 0 Å². The number of hydrogen-bond donors (Lipinski definition) is 8. The molecule has 15 heteroatoms. The predicted molar refractivity (Wildman–Crippen MR) is 127 cm³/mol. The maximum Gasteiger partial charge on any atom is 0.326 e. The Morgan fingerprint density at radius 1 is 1.06 bits per heavy atom. The van der Waals surface area contributed by atoms with Gasteiger partial charge in [-0.05, 0) is 24.9 Å². The molecule has 1 rings (SSSR count). The molecule has 0 fully saturated rings. The number of thiol groups is 1. The molecular formula is C19H30N6O7S2. The van der Waals surface area contributed by atoms with E-state index in [2.05, 4.69) is 38.5 Å². The Hall–Kier alpha value is -2.78. The molecule has 0 bridgehead atoms. The van der Waals surface area contributed by atoms with Gasteiger partial charge in [-0.3, -0.25) is 19.2 Å². The van der Waals surface area contributed by atoms with E-state index in [4.69, 9.17) is 10.8 Å². The third-order valence-electron chi connectivity index (χ3n) is 4.66. The topological polar surface area (TPSA) is 217 Å². The predicted octanol–water partition coefficient (Wildman–Crippen LogP) is -1.63. The SMILES string of the molecule is CSCCC(N)C(=O)NC(CS)C(=O)NC(CCC(=O)O)C(=O)NC(Cc1cnc[nH]1)C(=O)O. The van der Waals surface area contributed by atoms with Crippen LogP contribution < -0.4 is 21.7 Å². The lowest BCUT2D eigenvalue weighted by molar-refractivity contribution is -0.143. The molecule has 1 aromatic heterocycles. The minimum Gasteiger partial charge on any atom is -0.481 e. The summed E-state index contributed by atoms with van der Waals surface area (Å²) in [6, 6.07) is -4.70. The molecule has 0 saturated carbocycles. The van der Waals surface area contributed by atoms with Crippen molar-refractivity contribution in [2.24, 2.45) is 5.73 Å². The average Bonchev–Trinajstić information content (AvgIpc) is 3.30. The number of aliphatic carboxylic acids is 2. The van der Waals surface area contributed by atoms with Crippen molar-refractivity contribution in [2.75, 3.05) is 17.8 Å². The number of aromatic amines is 1. The van der Waals surface area contributed by atoms with Gasteiger partial charge in [-0.25, -0.2) is 9.78 Å². The summed E-state index contributed by atoms with van der Waals surface area (Å²) in [6.45, 7) is 0. The highest BCUT2D eigenvalue weighted by molar-refractivity contribution is 7.98. The van der Waals surface area contributed by atoms with Gasteiger partial charge >= 0.3 is 11.9 Å². The number of H-pyrrole nitrogens is 1. The molecule has 1 heterocycles. The minimum absolute atomic E-state index is 0.107. The van der Waals surface area contributed by atoms with Gasteiger partial charge < -0.3 is 36.9 Å². The molecule has 190 valence electrons. The standard InChI is InChI=1S/C19H30N6O7S2/c1-34-5-4-11(20)16(28)25-14(8-33)18(30)23-12(2-3-15(26)27)17(29)24-13(19(31)32)6-10-7-21-9-22-10/h7,9,11-14,33H,2-6,8,20H2,1H3,(H,21,22)(H,23,30)(H,24,29)(H,25,28)(H,26,27)(H,31,32). The van der Waals surface area contributed by atoms with Gasteiger partial charge in [0.25, 0.3) is 0 Å². The summed E-state index contributed by atoms with van der Waals surface area (Å²) in [5, 5.41) is 25.6. The van der Waals surface area contributed by atoms with Gasteiger partial charge in [0.1, 0.15) is 18.1 Å². The summed E-state index contributed by atoms with van der Waals surface area (Å²) in [5.41, 5.74) is 6.25. The lowest BCUT2D eigenvalue weighted by Gasteiger charge is -2.24. The fraction of sp³-hybridized carbons (Fsp3) is 0.579. The second kappa shape index (κ2) is 15.2. The number of carbonyl (C=O) groups is 5. The number of imidazole rings is 1. The number of carbonyl (C=O) groups excluding carboxylic acids is 3. The van der Waals surface area contributed by atoms with Gasteiger partial charge in [0.2, 0.25) is 17.7 Å². The Kier molecular flexibility index (Phi) is 13.1. The first-order valence-electron chi connectivity index (χ1n) is 10.3. The molecule has 0 aliphatic rings. The Morgan fingerprint density at radius 2 is 1.68 bits per heavy atom. The van der Waals surface area contributed by atoms with Gasteiger partial charge in [-0.2, -0.15) is 24.4 Å². The molecule has 8 N–H and O–H groups in total. The second-order valence-electron chi connectivity index (χ2n) is 7.31. The van der Waals surface area contributed by atoms with Crippen molar-refractivity contribution in [3.8, 4) is 0 Å². The van der Waals surface area contributed by atoms with E-state index in [0.717, 1.165) is 0 Å². The molecule has 13 nitrogen and oxygen atoms in total. The van der Waals surface area contributed by atoms with Gasteiger partial charge in [-0.15, -0.1) is 0 Å². The van der Waals surface area contributed by atoms with Gasteiger partial charge in [0.15, 0.2) is 0 Å². The molecule has 34 heavy (non-hydrogen) atoms. The maximum absolute atomic E-state index is 12.8. The summed E-state index contributed by atoms with van der Waals surface area (Å²) in [5.74, 6) is -4.25. The van der Waals surface area contributed by atoms with Crippen LogP contribution >= 0.6 is 24.4 Å². The molecule has 4 atom stereocenters. The fourth-order valence-electron chi connectivity index (χ4n) is 2.75. The average molecular weight is 519 g/mol. The van der Waals surface area contributed by atoms with Crippen LogP contribution in [-0.4, -0.2) is 91.8 Å². The number of nitrogens with two attached hydrogens (primary N) is 1. The Bertz CT molecular complexity index is 839. The number of rotatable bonds is 16. The van der Waals surface area contributed by atoms with E-state index in [1.807, 2.05) is 6.26 Å². The zero-order chi connectivity index (χ0) is 25.7. The molecule has 0 radical (unpaired) electrons. The number of nitrogens with one attached hydrogen (secondary N) is 4. The van der Waals surface area contributed by atoms with E-state index in [-0.39, 0.29) is 18.6 Å². The lowest BCUT2D eigenvalue weighted by atomic mass is 10.1. The zero-order valence-electron chi connectivity index (χ0n) is 18.5. The smallest absolute Gasteiger partial charge is 0.326 e. The van der Waals surface area contributed by atoms with Crippen LogP contribution in [-0.2, 0) is 30.4 Å². The Balaban J connectivity index is 2.88. The Morgan fingerprint density at radius 3 is 2.21 bits per heavy atom. The molecule has 0 aliphatic heterocycles. The third kappa shape index (κ3) is 10.4. The van der Waals surface area contributed by atoms with Crippen LogP contribution in [0.3, 0.4) is 0 Å². The number of carboxylic acids is 2. The lowest BCUT2D eigenvalue weighted by Crippen LogP contribution is -2.57. The monoisotopic (exact) mass is 518 g/mol. The number of thioether (sulfide) groups is 1. The van der Waals surface area contributed by atoms with E-state index in [9.17, 15) is 29.1 Å². The fourth-order valence-corrected chi connectivity index (χ4v) is 3.49. The number of nitrogens with zero attached hydrogens (tertiary/aromatic N) is 1. The van der Waals surface area contributed by atoms with Crippen LogP contribution in [0.5, 0.6) is 0 Å². The zero-order valence-corrected chi connectivity index (χ0v) is 20.2. The van der Waals surface area contributed by atoms with E-state index in [1.165, 1.54) is 24.3 Å². The minimum atomic E-state index is -1.36. The first-order valence-corrected chi connectivity index (χ1v) is 12.3. The van der Waals surface area contributed by atoms with Crippen LogP contribution in [0.4, 0.5) is 0 Å². The van der Waals surface area contributed by atoms with Crippen molar-refractivity contribution in [1.29, 1.82) is 0 Å². The quantitative estimate of drug-likeness (QED) is 0.117.